The molecule has 0 spiro atoms. The van der Waals surface area contributed by atoms with Gasteiger partial charge in [0, 0.05) is 19.3 Å². The Hall–Kier alpha value is -3.21. The summed E-state index contributed by atoms with van der Waals surface area (Å²) in [5.41, 5.74) is 3.57. The van der Waals surface area contributed by atoms with Crippen LogP contribution in [0, 0.1) is 6.92 Å². The van der Waals surface area contributed by atoms with Gasteiger partial charge in [-0.15, -0.1) is 0 Å². The molecule has 0 aliphatic carbocycles. The zero-order chi connectivity index (χ0) is 19.9. The molecule has 0 amide bonds. The van der Waals surface area contributed by atoms with Crippen LogP contribution in [-0.4, -0.2) is 26.3 Å². The van der Waals surface area contributed by atoms with Crippen LogP contribution < -0.4 is 19.1 Å². The van der Waals surface area contributed by atoms with E-state index in [0.717, 1.165) is 17.9 Å². The van der Waals surface area contributed by atoms with Gasteiger partial charge in [0.25, 0.3) is 0 Å². The molecule has 5 nitrogen and oxygen atoms in total. The molecular weight excluding hydrogens is 352 g/mol. The maximum atomic E-state index is 5.50. The minimum atomic E-state index is 0.594. The number of aromatic nitrogens is 1. The van der Waals surface area contributed by atoms with Crippen LogP contribution >= 0.6 is 0 Å². The predicted octanol–water partition coefficient (Wildman–Crippen LogP) is 4.62. The van der Waals surface area contributed by atoms with Crippen LogP contribution in [0.1, 0.15) is 16.7 Å². The second-order valence-electron chi connectivity index (χ2n) is 6.50. The molecule has 146 valence electrons. The minimum Gasteiger partial charge on any atom is -0.493 e. The van der Waals surface area contributed by atoms with Gasteiger partial charge in [-0.2, -0.15) is 0 Å². The largest absolute Gasteiger partial charge is 0.493 e. The molecule has 0 unspecified atom stereocenters. The molecule has 2 aromatic carbocycles. The second kappa shape index (κ2) is 9.13. The summed E-state index contributed by atoms with van der Waals surface area (Å²) in [6, 6.07) is 18.3. The van der Waals surface area contributed by atoms with Crippen LogP contribution in [0.5, 0.6) is 17.2 Å². The van der Waals surface area contributed by atoms with Crippen molar-refractivity contribution >= 4 is 5.82 Å². The van der Waals surface area contributed by atoms with Crippen molar-refractivity contribution in [1.29, 1.82) is 0 Å². The zero-order valence-corrected chi connectivity index (χ0v) is 16.8. The summed E-state index contributed by atoms with van der Waals surface area (Å²) in [6.45, 7) is 3.54. The number of ether oxygens (including phenoxy) is 3. The van der Waals surface area contributed by atoms with Gasteiger partial charge in [0.15, 0.2) is 11.5 Å². The van der Waals surface area contributed by atoms with E-state index in [0.29, 0.717) is 23.8 Å². The van der Waals surface area contributed by atoms with E-state index >= 15 is 0 Å². The van der Waals surface area contributed by atoms with E-state index in [-0.39, 0.29) is 0 Å². The molecule has 0 atom stereocenters. The van der Waals surface area contributed by atoms with Crippen LogP contribution in [0.25, 0.3) is 0 Å². The van der Waals surface area contributed by atoms with E-state index in [1.54, 1.807) is 21.3 Å². The molecule has 1 heterocycles. The minimum absolute atomic E-state index is 0.594. The lowest BCUT2D eigenvalue weighted by molar-refractivity contribution is 0.323. The van der Waals surface area contributed by atoms with Gasteiger partial charge >= 0.3 is 0 Å². The molecule has 0 bridgehead atoms. The molecule has 0 fully saturated rings. The Kier molecular flexibility index (Phi) is 6.37. The van der Waals surface area contributed by atoms with Gasteiger partial charge in [-0.25, -0.2) is 4.98 Å². The summed E-state index contributed by atoms with van der Waals surface area (Å²) < 4.78 is 16.4. The Morgan fingerprint density at radius 1 is 0.821 bits per heavy atom. The van der Waals surface area contributed by atoms with Gasteiger partial charge in [-0.1, -0.05) is 30.3 Å². The summed E-state index contributed by atoms with van der Waals surface area (Å²) >= 11 is 0. The number of anilines is 1. The van der Waals surface area contributed by atoms with Crippen molar-refractivity contribution in [2.75, 3.05) is 26.2 Å². The number of hydrogen-bond donors (Lipinski definition) is 0. The molecule has 0 saturated heterocycles. The predicted molar refractivity (Wildman–Crippen MR) is 111 cm³/mol. The van der Waals surface area contributed by atoms with Crippen LogP contribution in [0.2, 0.25) is 0 Å². The Morgan fingerprint density at radius 3 is 2.07 bits per heavy atom. The zero-order valence-electron chi connectivity index (χ0n) is 16.8. The highest BCUT2D eigenvalue weighted by atomic mass is 16.5. The van der Waals surface area contributed by atoms with Crippen molar-refractivity contribution in [2.24, 2.45) is 0 Å². The SMILES string of the molecule is COc1cc(CN(Cc2ccccc2C)c2ccccn2)cc(OC)c1OC. The van der Waals surface area contributed by atoms with Gasteiger partial charge in [0.2, 0.25) is 5.75 Å². The molecule has 0 aliphatic rings. The van der Waals surface area contributed by atoms with E-state index in [4.69, 9.17) is 14.2 Å². The molecule has 5 heteroatoms. The maximum Gasteiger partial charge on any atom is 0.203 e. The number of hydrogen-bond acceptors (Lipinski definition) is 5. The van der Waals surface area contributed by atoms with Crippen molar-refractivity contribution in [3.8, 4) is 17.2 Å². The lowest BCUT2D eigenvalue weighted by Gasteiger charge is -2.25. The van der Waals surface area contributed by atoms with Crippen molar-refractivity contribution in [2.45, 2.75) is 20.0 Å². The van der Waals surface area contributed by atoms with Crippen molar-refractivity contribution in [3.05, 3.63) is 77.5 Å². The summed E-state index contributed by atoms with van der Waals surface area (Å²) in [7, 11) is 4.87. The van der Waals surface area contributed by atoms with E-state index in [2.05, 4.69) is 41.1 Å². The molecule has 3 rings (SSSR count). The molecule has 3 aromatic rings. The van der Waals surface area contributed by atoms with Crippen molar-refractivity contribution < 1.29 is 14.2 Å². The highest BCUT2D eigenvalue weighted by molar-refractivity contribution is 5.55. The smallest absolute Gasteiger partial charge is 0.203 e. The standard InChI is InChI=1S/C23H26N2O3/c1-17-9-5-6-10-19(17)16-25(22-11-7-8-12-24-22)15-18-13-20(26-2)23(28-4)21(14-18)27-3/h5-14H,15-16H2,1-4H3. The highest BCUT2D eigenvalue weighted by Gasteiger charge is 2.16. The first-order valence-electron chi connectivity index (χ1n) is 9.15. The van der Waals surface area contributed by atoms with E-state index < -0.39 is 0 Å². The lowest BCUT2D eigenvalue weighted by Crippen LogP contribution is -2.23. The van der Waals surface area contributed by atoms with E-state index in [1.165, 1.54) is 11.1 Å². The number of aryl methyl sites for hydroxylation is 1. The molecule has 0 radical (unpaired) electrons. The number of benzene rings is 2. The maximum absolute atomic E-state index is 5.50. The fourth-order valence-corrected chi connectivity index (χ4v) is 3.20. The van der Waals surface area contributed by atoms with Gasteiger partial charge in [-0.3, -0.25) is 0 Å². The van der Waals surface area contributed by atoms with Gasteiger partial charge < -0.3 is 19.1 Å². The van der Waals surface area contributed by atoms with Crippen LogP contribution in [0.15, 0.2) is 60.8 Å². The normalized spacial score (nSPS) is 10.4. The van der Waals surface area contributed by atoms with Crippen LogP contribution in [-0.2, 0) is 13.1 Å². The molecule has 0 saturated carbocycles. The fourth-order valence-electron chi connectivity index (χ4n) is 3.20. The summed E-state index contributed by atoms with van der Waals surface area (Å²) in [5.74, 6) is 2.80. The van der Waals surface area contributed by atoms with Crippen LogP contribution in [0.4, 0.5) is 5.82 Å². The average Bonchev–Trinajstić information content (AvgIpc) is 2.74. The summed E-state index contributed by atoms with van der Waals surface area (Å²) in [5, 5.41) is 0. The van der Waals surface area contributed by atoms with Crippen molar-refractivity contribution in [3.63, 3.8) is 0 Å². The van der Waals surface area contributed by atoms with Crippen molar-refractivity contribution in [1.82, 2.24) is 4.98 Å². The first-order valence-corrected chi connectivity index (χ1v) is 9.15. The topological polar surface area (TPSA) is 43.8 Å². The lowest BCUT2D eigenvalue weighted by atomic mass is 10.1. The Morgan fingerprint density at radius 2 is 1.50 bits per heavy atom. The molecule has 1 aromatic heterocycles. The third kappa shape index (κ3) is 4.36. The van der Waals surface area contributed by atoms with E-state index in [9.17, 15) is 0 Å². The number of pyridine rings is 1. The van der Waals surface area contributed by atoms with Gasteiger partial charge in [0.1, 0.15) is 5.82 Å². The van der Waals surface area contributed by atoms with Crippen LogP contribution in [0.3, 0.4) is 0 Å². The molecule has 28 heavy (non-hydrogen) atoms. The third-order valence-electron chi connectivity index (χ3n) is 4.69. The Bertz CT molecular complexity index is 888. The molecule has 0 aliphatic heterocycles. The summed E-state index contributed by atoms with van der Waals surface area (Å²) in [6.07, 6.45) is 1.81. The first kappa shape index (κ1) is 19.5. The monoisotopic (exact) mass is 378 g/mol. The van der Waals surface area contributed by atoms with Gasteiger partial charge in [-0.05, 0) is 47.9 Å². The number of rotatable bonds is 8. The highest BCUT2D eigenvalue weighted by Crippen LogP contribution is 2.38. The number of methoxy groups -OCH3 is 3. The molecular formula is C23H26N2O3. The molecule has 0 N–H and O–H groups in total. The van der Waals surface area contributed by atoms with Gasteiger partial charge in [0.05, 0.1) is 21.3 Å². The Balaban J connectivity index is 1.97. The number of nitrogens with zero attached hydrogens (tertiary/aromatic N) is 2. The quantitative estimate of drug-likeness (QED) is 0.572. The third-order valence-corrected chi connectivity index (χ3v) is 4.69. The van der Waals surface area contributed by atoms with E-state index in [1.807, 2.05) is 36.5 Å². The second-order valence-corrected chi connectivity index (χ2v) is 6.50. The Labute approximate surface area is 166 Å². The summed E-state index contributed by atoms with van der Waals surface area (Å²) in [4.78, 5) is 6.80. The first-order chi connectivity index (χ1) is 13.7. The average molecular weight is 378 g/mol. The fraction of sp³-hybridized carbons (Fsp3) is 0.261.